The fourth-order valence-corrected chi connectivity index (χ4v) is 2.84. The fourth-order valence-electron chi connectivity index (χ4n) is 1.93. The van der Waals surface area contributed by atoms with Gasteiger partial charge in [0.05, 0.1) is 7.11 Å². The molecule has 0 saturated heterocycles. The Morgan fingerprint density at radius 2 is 1.81 bits per heavy atom. The second-order valence-electron chi connectivity index (χ2n) is 4.59. The highest BCUT2D eigenvalue weighted by Gasteiger charge is 2.04. The Balaban J connectivity index is 1.81. The Bertz CT molecular complexity index is 542. The van der Waals surface area contributed by atoms with Crippen molar-refractivity contribution < 1.29 is 9.53 Å². The first kappa shape index (κ1) is 15.4. The summed E-state index contributed by atoms with van der Waals surface area (Å²) in [6.45, 7) is 1.36. The summed E-state index contributed by atoms with van der Waals surface area (Å²) in [5, 5.41) is 0. The van der Waals surface area contributed by atoms with Gasteiger partial charge in [-0.3, -0.25) is 4.79 Å². The Kier molecular flexibility index (Phi) is 6.16. The largest absolute Gasteiger partial charge is 0.497 e. The maximum Gasteiger partial charge on any atom is 0.210 e. The van der Waals surface area contributed by atoms with E-state index in [-0.39, 0.29) is 0 Å². The van der Waals surface area contributed by atoms with Crippen LogP contribution in [0.2, 0.25) is 0 Å². The molecule has 0 bridgehead atoms. The van der Waals surface area contributed by atoms with Crippen LogP contribution in [0.15, 0.2) is 59.5 Å². The Labute approximate surface area is 129 Å². The van der Waals surface area contributed by atoms with Gasteiger partial charge in [-0.25, -0.2) is 0 Å². The van der Waals surface area contributed by atoms with E-state index in [4.69, 9.17) is 4.74 Å². The lowest BCUT2D eigenvalue weighted by Crippen LogP contribution is -2.24. The average molecular weight is 301 g/mol. The highest BCUT2D eigenvalue weighted by atomic mass is 32.2. The van der Waals surface area contributed by atoms with Gasteiger partial charge in [-0.05, 0) is 29.8 Å². The Morgan fingerprint density at radius 3 is 2.43 bits per heavy atom. The van der Waals surface area contributed by atoms with Crippen LogP contribution in [0.4, 0.5) is 0 Å². The van der Waals surface area contributed by atoms with Crippen LogP contribution in [-0.4, -0.2) is 30.7 Å². The molecular formula is C17H19NO2S. The smallest absolute Gasteiger partial charge is 0.210 e. The quantitative estimate of drug-likeness (QED) is 0.552. The molecule has 1 amide bonds. The highest BCUT2D eigenvalue weighted by Crippen LogP contribution is 2.17. The van der Waals surface area contributed by atoms with Crippen molar-refractivity contribution in [1.82, 2.24) is 4.90 Å². The minimum atomic E-state index is 0.628. The third-order valence-electron chi connectivity index (χ3n) is 3.08. The predicted molar refractivity (Wildman–Crippen MR) is 86.6 cm³/mol. The molecule has 0 spiro atoms. The summed E-state index contributed by atoms with van der Waals surface area (Å²) in [5.74, 6) is 1.72. The molecule has 0 unspecified atom stereocenters. The van der Waals surface area contributed by atoms with Gasteiger partial charge in [0, 0.05) is 23.7 Å². The van der Waals surface area contributed by atoms with Gasteiger partial charge < -0.3 is 9.64 Å². The molecule has 2 rings (SSSR count). The zero-order chi connectivity index (χ0) is 14.9. The van der Waals surface area contributed by atoms with Gasteiger partial charge >= 0.3 is 0 Å². The first-order valence-electron chi connectivity index (χ1n) is 6.82. The van der Waals surface area contributed by atoms with Gasteiger partial charge in [-0.15, -0.1) is 11.8 Å². The molecule has 0 aliphatic rings. The number of rotatable bonds is 8. The van der Waals surface area contributed by atoms with E-state index in [1.807, 2.05) is 42.5 Å². The lowest BCUT2D eigenvalue weighted by Gasteiger charge is -2.17. The molecule has 21 heavy (non-hydrogen) atoms. The topological polar surface area (TPSA) is 29.5 Å². The van der Waals surface area contributed by atoms with Crippen molar-refractivity contribution in [1.29, 1.82) is 0 Å². The van der Waals surface area contributed by atoms with E-state index in [9.17, 15) is 4.79 Å². The van der Waals surface area contributed by atoms with Crippen LogP contribution in [0, 0.1) is 0 Å². The molecule has 0 aliphatic heterocycles. The van der Waals surface area contributed by atoms with E-state index in [1.165, 1.54) is 4.90 Å². The number of nitrogens with zero attached hydrogens (tertiary/aromatic N) is 1. The van der Waals surface area contributed by atoms with Crippen LogP contribution in [0.5, 0.6) is 5.75 Å². The number of ether oxygens (including phenoxy) is 1. The Morgan fingerprint density at radius 1 is 1.10 bits per heavy atom. The van der Waals surface area contributed by atoms with Crippen molar-refractivity contribution in [3.05, 3.63) is 60.2 Å². The van der Waals surface area contributed by atoms with Gasteiger partial charge in [0.15, 0.2) is 0 Å². The fraction of sp³-hybridized carbons (Fsp3) is 0.235. The molecule has 0 atom stereocenters. The summed E-state index contributed by atoms with van der Waals surface area (Å²) >= 11 is 1.76. The van der Waals surface area contributed by atoms with Crippen LogP contribution in [0.3, 0.4) is 0 Å². The van der Waals surface area contributed by atoms with E-state index in [0.29, 0.717) is 6.54 Å². The number of carbonyl (C=O) groups is 1. The van der Waals surface area contributed by atoms with Crippen LogP contribution >= 0.6 is 11.8 Å². The van der Waals surface area contributed by atoms with Crippen LogP contribution in [0.1, 0.15) is 5.56 Å². The van der Waals surface area contributed by atoms with Crippen molar-refractivity contribution in [2.75, 3.05) is 19.4 Å². The highest BCUT2D eigenvalue weighted by molar-refractivity contribution is 7.99. The maximum atomic E-state index is 11.2. The molecule has 3 nitrogen and oxygen atoms in total. The lowest BCUT2D eigenvalue weighted by atomic mass is 10.2. The molecule has 0 radical (unpaired) electrons. The second-order valence-corrected chi connectivity index (χ2v) is 5.75. The minimum absolute atomic E-state index is 0.628. The SMILES string of the molecule is COc1ccc(CN(C=O)CCSc2ccccc2)cc1. The number of benzene rings is 2. The van der Waals surface area contributed by atoms with Crippen molar-refractivity contribution >= 4 is 18.2 Å². The monoisotopic (exact) mass is 301 g/mol. The molecule has 2 aromatic rings. The summed E-state index contributed by atoms with van der Waals surface area (Å²) < 4.78 is 5.13. The molecular weight excluding hydrogens is 282 g/mol. The Hall–Kier alpha value is -1.94. The van der Waals surface area contributed by atoms with Crippen molar-refractivity contribution in [2.45, 2.75) is 11.4 Å². The number of amides is 1. The number of methoxy groups -OCH3 is 1. The predicted octanol–water partition coefficient (Wildman–Crippen LogP) is 3.45. The number of hydrogen-bond donors (Lipinski definition) is 0. The summed E-state index contributed by atoms with van der Waals surface area (Å²) in [6, 6.07) is 18.0. The first-order chi connectivity index (χ1) is 10.3. The molecule has 0 heterocycles. The van der Waals surface area contributed by atoms with Crippen molar-refractivity contribution in [3.63, 3.8) is 0 Å². The maximum absolute atomic E-state index is 11.2. The summed E-state index contributed by atoms with van der Waals surface area (Å²) in [6.07, 6.45) is 0.912. The molecule has 110 valence electrons. The van der Waals surface area contributed by atoms with E-state index >= 15 is 0 Å². The second kappa shape index (κ2) is 8.37. The standard InChI is InChI=1S/C17H19NO2S/c1-20-16-9-7-15(8-10-16)13-18(14-19)11-12-21-17-5-3-2-4-6-17/h2-10,14H,11-13H2,1H3. The van der Waals surface area contributed by atoms with E-state index in [2.05, 4.69) is 12.1 Å². The van der Waals surface area contributed by atoms with Crippen LogP contribution in [0.25, 0.3) is 0 Å². The lowest BCUT2D eigenvalue weighted by molar-refractivity contribution is -0.118. The van der Waals surface area contributed by atoms with Gasteiger partial charge in [-0.1, -0.05) is 30.3 Å². The average Bonchev–Trinajstić information content (AvgIpc) is 2.55. The molecule has 0 saturated carbocycles. The first-order valence-corrected chi connectivity index (χ1v) is 7.80. The van der Waals surface area contributed by atoms with Crippen LogP contribution < -0.4 is 4.74 Å². The van der Waals surface area contributed by atoms with Gasteiger partial charge in [-0.2, -0.15) is 0 Å². The number of carbonyl (C=O) groups excluding carboxylic acids is 1. The molecule has 0 fully saturated rings. The molecule has 0 N–H and O–H groups in total. The third kappa shape index (κ3) is 5.16. The zero-order valence-electron chi connectivity index (χ0n) is 12.1. The summed E-state index contributed by atoms with van der Waals surface area (Å²) in [7, 11) is 1.65. The van der Waals surface area contributed by atoms with E-state index < -0.39 is 0 Å². The van der Waals surface area contributed by atoms with Crippen LogP contribution in [-0.2, 0) is 11.3 Å². The van der Waals surface area contributed by atoms with Gasteiger partial charge in [0.1, 0.15) is 5.75 Å². The van der Waals surface area contributed by atoms with Gasteiger partial charge in [0.25, 0.3) is 0 Å². The van der Waals surface area contributed by atoms with Crippen molar-refractivity contribution in [2.24, 2.45) is 0 Å². The number of thioether (sulfide) groups is 1. The molecule has 4 heteroatoms. The zero-order valence-corrected chi connectivity index (χ0v) is 12.9. The minimum Gasteiger partial charge on any atom is -0.497 e. The van der Waals surface area contributed by atoms with E-state index in [1.54, 1.807) is 23.8 Å². The summed E-state index contributed by atoms with van der Waals surface area (Å²) in [4.78, 5) is 14.2. The van der Waals surface area contributed by atoms with E-state index in [0.717, 1.165) is 30.0 Å². The normalized spacial score (nSPS) is 10.1. The number of hydrogen-bond acceptors (Lipinski definition) is 3. The molecule has 0 aromatic heterocycles. The molecule has 0 aliphatic carbocycles. The van der Waals surface area contributed by atoms with Crippen molar-refractivity contribution in [3.8, 4) is 5.75 Å². The summed E-state index contributed by atoms with van der Waals surface area (Å²) in [5.41, 5.74) is 1.10. The third-order valence-corrected chi connectivity index (χ3v) is 4.08. The van der Waals surface area contributed by atoms with Gasteiger partial charge in [0.2, 0.25) is 6.41 Å². The molecule has 2 aromatic carbocycles.